The van der Waals surface area contributed by atoms with E-state index in [1.165, 1.54) is 12.5 Å². The topological polar surface area (TPSA) is 112 Å². The summed E-state index contributed by atoms with van der Waals surface area (Å²) in [6.45, 7) is 7.18. The first-order chi connectivity index (χ1) is 13.3. The molecular formula is C19H26FN5O3. The highest BCUT2D eigenvalue weighted by Crippen LogP contribution is 2.31. The van der Waals surface area contributed by atoms with Crippen molar-refractivity contribution in [3.8, 4) is 5.75 Å². The summed E-state index contributed by atoms with van der Waals surface area (Å²) in [5, 5.41) is 6.40. The number of anilines is 1. The molecule has 2 aliphatic rings. The van der Waals surface area contributed by atoms with Gasteiger partial charge in [-0.2, -0.15) is 0 Å². The van der Waals surface area contributed by atoms with Crippen LogP contribution >= 0.6 is 0 Å². The number of amides is 2. The molecule has 0 unspecified atom stereocenters. The molecule has 2 aromatic rings. The average molecular weight is 391 g/mol. The summed E-state index contributed by atoms with van der Waals surface area (Å²) in [6.07, 6.45) is 3.47. The molecule has 0 saturated carbocycles. The minimum absolute atomic E-state index is 0.139. The summed E-state index contributed by atoms with van der Waals surface area (Å²) < 4.78 is 20.4. The van der Waals surface area contributed by atoms with E-state index in [4.69, 9.17) is 10.5 Å². The van der Waals surface area contributed by atoms with Crippen LogP contribution in [-0.2, 0) is 17.8 Å². The summed E-state index contributed by atoms with van der Waals surface area (Å²) in [5.41, 5.74) is 5.92. The third kappa shape index (κ3) is 5.51. The molecule has 1 aromatic carbocycles. The lowest BCUT2D eigenvalue weighted by molar-refractivity contribution is -0.116. The molecule has 8 nitrogen and oxygen atoms in total. The van der Waals surface area contributed by atoms with Crippen molar-refractivity contribution in [2.24, 2.45) is 5.73 Å². The van der Waals surface area contributed by atoms with Crippen molar-refractivity contribution >= 4 is 17.5 Å². The zero-order valence-electron chi connectivity index (χ0n) is 16.4. The molecule has 3 heterocycles. The molecule has 0 atom stereocenters. The number of benzene rings is 1. The molecule has 0 fully saturated rings. The largest absolute Gasteiger partial charge is 0.491 e. The Hall–Kier alpha value is -2.97. The number of rotatable bonds is 1. The number of fused-ring (bicyclic) bond motifs is 2. The Labute approximate surface area is 163 Å². The van der Waals surface area contributed by atoms with Gasteiger partial charge in [0.05, 0.1) is 13.0 Å². The van der Waals surface area contributed by atoms with Gasteiger partial charge in [-0.1, -0.05) is 20.3 Å². The van der Waals surface area contributed by atoms with Crippen LogP contribution in [0.25, 0.3) is 0 Å². The molecular weight excluding hydrogens is 365 g/mol. The first-order valence-electron chi connectivity index (χ1n) is 9.32. The highest BCUT2D eigenvalue weighted by molar-refractivity contribution is 5.93. The van der Waals surface area contributed by atoms with E-state index in [0.717, 1.165) is 30.8 Å². The van der Waals surface area contributed by atoms with Gasteiger partial charge in [0.15, 0.2) is 5.82 Å². The van der Waals surface area contributed by atoms with Crippen LogP contribution in [0.4, 0.5) is 10.1 Å². The zero-order chi connectivity index (χ0) is 20.7. The molecule has 0 aliphatic carbocycles. The van der Waals surface area contributed by atoms with Gasteiger partial charge in [-0.3, -0.25) is 9.59 Å². The first-order valence-corrected chi connectivity index (χ1v) is 9.32. The quantitative estimate of drug-likeness (QED) is 0.776. The van der Waals surface area contributed by atoms with Gasteiger partial charge in [0.25, 0.3) is 5.91 Å². The van der Waals surface area contributed by atoms with Crippen LogP contribution in [0.5, 0.6) is 5.75 Å². The molecule has 0 bridgehead atoms. The maximum atomic E-state index is 13.4. The van der Waals surface area contributed by atoms with E-state index in [2.05, 4.69) is 29.2 Å². The van der Waals surface area contributed by atoms with Crippen molar-refractivity contribution < 1.29 is 18.7 Å². The van der Waals surface area contributed by atoms with Gasteiger partial charge < -0.3 is 15.8 Å². The number of carbonyl (C=O) groups is 2. The van der Waals surface area contributed by atoms with Crippen LogP contribution in [0.15, 0.2) is 12.1 Å². The Kier molecular flexibility index (Phi) is 7.48. The number of nitrogens with two attached hydrogens (primary N) is 1. The predicted molar refractivity (Wildman–Crippen MR) is 103 cm³/mol. The third-order valence-corrected chi connectivity index (χ3v) is 3.79. The number of aryl methyl sites for hydroxylation is 3. The smallest absolute Gasteiger partial charge is 0.288 e. The summed E-state index contributed by atoms with van der Waals surface area (Å²) in [4.78, 5) is 25.7. The monoisotopic (exact) mass is 391 g/mol. The first kappa shape index (κ1) is 21.3. The number of halogens is 1. The van der Waals surface area contributed by atoms with Crippen LogP contribution in [-0.4, -0.2) is 33.2 Å². The maximum absolute atomic E-state index is 13.4. The molecule has 3 N–H and O–H groups in total. The second-order valence-electron chi connectivity index (χ2n) is 6.52. The van der Waals surface area contributed by atoms with Crippen molar-refractivity contribution in [3.63, 3.8) is 0 Å². The fraction of sp³-hybridized carbons (Fsp3) is 0.474. The fourth-order valence-electron chi connectivity index (χ4n) is 2.63. The predicted octanol–water partition coefficient (Wildman–Crippen LogP) is 2.59. The van der Waals surface area contributed by atoms with Crippen LogP contribution in [0.3, 0.4) is 0 Å². The van der Waals surface area contributed by atoms with Crippen LogP contribution < -0.4 is 15.8 Å². The summed E-state index contributed by atoms with van der Waals surface area (Å²) in [5.74, 6) is 0.209. The van der Waals surface area contributed by atoms with Crippen molar-refractivity contribution in [1.82, 2.24) is 14.8 Å². The van der Waals surface area contributed by atoms with Gasteiger partial charge in [0.1, 0.15) is 17.3 Å². The Morgan fingerprint density at radius 1 is 1.36 bits per heavy atom. The molecule has 0 radical (unpaired) electrons. The number of primary amides is 1. The van der Waals surface area contributed by atoms with Gasteiger partial charge in [0.2, 0.25) is 11.7 Å². The lowest BCUT2D eigenvalue weighted by Crippen LogP contribution is -2.13. The maximum Gasteiger partial charge on any atom is 0.288 e. The van der Waals surface area contributed by atoms with Crippen LogP contribution in [0.1, 0.15) is 55.1 Å². The summed E-state index contributed by atoms with van der Waals surface area (Å²) in [7, 11) is 0. The molecule has 4 rings (SSSR count). The highest BCUT2D eigenvalue weighted by atomic mass is 19.1. The van der Waals surface area contributed by atoms with Crippen molar-refractivity contribution in [3.05, 3.63) is 35.2 Å². The van der Waals surface area contributed by atoms with E-state index < -0.39 is 11.7 Å². The molecule has 1 aromatic heterocycles. The Balaban J connectivity index is 0.000000180. The van der Waals surface area contributed by atoms with Crippen molar-refractivity contribution in [1.29, 1.82) is 0 Å². The van der Waals surface area contributed by atoms with Crippen molar-refractivity contribution in [2.75, 3.05) is 11.9 Å². The van der Waals surface area contributed by atoms with E-state index in [1.54, 1.807) is 17.7 Å². The SMILES string of the molecule is CCC.Cc1cc(F)c2c(c1)OCCC(=O)N2.NC(=O)c1nc2n(n1)CCC2. The molecule has 2 aliphatic heterocycles. The number of hydrogen-bond acceptors (Lipinski definition) is 5. The van der Waals surface area contributed by atoms with Gasteiger partial charge in [-0.25, -0.2) is 14.1 Å². The third-order valence-electron chi connectivity index (χ3n) is 3.79. The van der Waals surface area contributed by atoms with Crippen LogP contribution in [0, 0.1) is 12.7 Å². The summed E-state index contributed by atoms with van der Waals surface area (Å²) >= 11 is 0. The zero-order valence-corrected chi connectivity index (χ0v) is 16.4. The van der Waals surface area contributed by atoms with Crippen LogP contribution in [0.2, 0.25) is 0 Å². The molecule has 9 heteroatoms. The number of ether oxygens (including phenoxy) is 1. The van der Waals surface area contributed by atoms with E-state index in [0.29, 0.717) is 12.4 Å². The standard InChI is InChI=1S/C10H10FNO2.C6H8N4O.C3H8/c1-6-4-7(11)10-8(5-6)14-3-2-9(13)12-10;7-5(11)6-8-4-2-1-3-10(4)9-6;1-3-2/h4-5H,2-3H2,1H3,(H,12,13);1-3H2,(H2,7,11);3H2,1-2H3. The molecule has 2 amide bonds. The Morgan fingerprint density at radius 3 is 2.71 bits per heavy atom. The lowest BCUT2D eigenvalue weighted by atomic mass is 10.2. The number of aromatic nitrogens is 3. The van der Waals surface area contributed by atoms with Crippen molar-refractivity contribution in [2.45, 2.75) is 53.0 Å². The highest BCUT2D eigenvalue weighted by Gasteiger charge is 2.18. The van der Waals surface area contributed by atoms with E-state index in [-0.39, 0.29) is 23.8 Å². The van der Waals surface area contributed by atoms with Gasteiger partial charge in [0, 0.05) is 13.0 Å². The second-order valence-corrected chi connectivity index (χ2v) is 6.52. The van der Waals surface area contributed by atoms with Gasteiger partial charge in [-0.15, -0.1) is 5.10 Å². The second kappa shape index (κ2) is 9.82. The minimum atomic E-state index is -0.549. The number of nitrogens with one attached hydrogen (secondary N) is 1. The number of hydrogen-bond donors (Lipinski definition) is 2. The molecule has 0 saturated heterocycles. The minimum Gasteiger partial charge on any atom is -0.491 e. The van der Waals surface area contributed by atoms with E-state index >= 15 is 0 Å². The van der Waals surface area contributed by atoms with Gasteiger partial charge >= 0.3 is 0 Å². The van der Waals surface area contributed by atoms with Gasteiger partial charge in [-0.05, 0) is 31.0 Å². The number of carbonyl (C=O) groups excluding carboxylic acids is 2. The molecule has 152 valence electrons. The average Bonchev–Trinajstić information content (AvgIpc) is 3.16. The Morgan fingerprint density at radius 2 is 2.07 bits per heavy atom. The van der Waals surface area contributed by atoms with E-state index in [1.807, 2.05) is 0 Å². The fourth-order valence-corrected chi connectivity index (χ4v) is 2.63. The molecule has 0 spiro atoms. The number of nitrogens with zero attached hydrogens (tertiary/aromatic N) is 3. The lowest BCUT2D eigenvalue weighted by Gasteiger charge is -2.08. The van der Waals surface area contributed by atoms with E-state index in [9.17, 15) is 14.0 Å². The Bertz CT molecular complexity index is 829. The molecule has 28 heavy (non-hydrogen) atoms. The normalized spacial score (nSPS) is 14.1. The summed E-state index contributed by atoms with van der Waals surface area (Å²) in [6, 6.07) is 3.08.